The van der Waals surface area contributed by atoms with Gasteiger partial charge in [0.1, 0.15) is 23.2 Å². The lowest BCUT2D eigenvalue weighted by Crippen LogP contribution is -2.33. The van der Waals surface area contributed by atoms with Gasteiger partial charge in [0.2, 0.25) is 5.88 Å². The predicted molar refractivity (Wildman–Crippen MR) is 128 cm³/mol. The Kier molecular flexibility index (Phi) is 6.36. The molecule has 8 heteroatoms. The van der Waals surface area contributed by atoms with E-state index in [1.807, 2.05) is 13.8 Å². The second kappa shape index (κ2) is 9.24. The molecular formula is C26H24ClN3O4. The van der Waals surface area contributed by atoms with Crippen LogP contribution in [0.1, 0.15) is 38.2 Å². The smallest absolute Gasteiger partial charge is 0.262 e. The highest BCUT2D eigenvalue weighted by Crippen LogP contribution is 2.47. The molecule has 1 atom stereocenters. The Balaban J connectivity index is 1.51. The Labute approximate surface area is 202 Å². The van der Waals surface area contributed by atoms with Crippen molar-refractivity contribution in [1.82, 2.24) is 0 Å². The molecule has 2 aromatic rings. The molecule has 0 saturated heterocycles. The summed E-state index contributed by atoms with van der Waals surface area (Å²) >= 11 is 5.93. The Morgan fingerprint density at radius 3 is 2.68 bits per heavy atom. The van der Waals surface area contributed by atoms with Crippen molar-refractivity contribution < 1.29 is 19.1 Å². The van der Waals surface area contributed by atoms with E-state index in [0.29, 0.717) is 40.6 Å². The van der Waals surface area contributed by atoms with E-state index in [2.05, 4.69) is 11.4 Å². The van der Waals surface area contributed by atoms with E-state index >= 15 is 0 Å². The van der Waals surface area contributed by atoms with Gasteiger partial charge in [0.05, 0.1) is 5.92 Å². The topological polar surface area (TPSA) is 114 Å². The molecule has 3 N–H and O–H groups in total. The van der Waals surface area contributed by atoms with Crippen LogP contribution in [0.15, 0.2) is 71.3 Å². The van der Waals surface area contributed by atoms with Crippen molar-refractivity contribution in [2.75, 3.05) is 11.9 Å². The Bertz CT molecular complexity index is 1260. The molecule has 174 valence electrons. The van der Waals surface area contributed by atoms with Crippen molar-refractivity contribution in [3.63, 3.8) is 0 Å². The number of amides is 1. The number of anilines is 1. The molecule has 1 amide bonds. The predicted octanol–water partition coefficient (Wildman–Crippen LogP) is 4.81. The van der Waals surface area contributed by atoms with Gasteiger partial charge in [-0.05, 0) is 41.3 Å². The van der Waals surface area contributed by atoms with E-state index in [4.69, 9.17) is 26.8 Å². The number of hydrogen-bond acceptors (Lipinski definition) is 6. The summed E-state index contributed by atoms with van der Waals surface area (Å²) in [6.45, 7) is 3.81. The zero-order valence-electron chi connectivity index (χ0n) is 18.9. The van der Waals surface area contributed by atoms with Crippen LogP contribution in [0, 0.1) is 16.7 Å². The zero-order valence-corrected chi connectivity index (χ0v) is 19.6. The van der Waals surface area contributed by atoms with Crippen molar-refractivity contribution in [1.29, 1.82) is 5.26 Å². The number of nitrogens with two attached hydrogens (primary N) is 1. The fraction of sp³-hybridized carbons (Fsp3) is 0.269. The van der Waals surface area contributed by atoms with Gasteiger partial charge in [0.15, 0.2) is 12.4 Å². The molecule has 1 aliphatic heterocycles. The monoisotopic (exact) mass is 477 g/mol. The second-order valence-corrected chi connectivity index (χ2v) is 9.56. The van der Waals surface area contributed by atoms with E-state index in [0.717, 1.165) is 5.56 Å². The van der Waals surface area contributed by atoms with Gasteiger partial charge in [-0.15, -0.1) is 0 Å². The van der Waals surface area contributed by atoms with Crippen LogP contribution in [0.5, 0.6) is 5.75 Å². The molecule has 1 aliphatic carbocycles. The molecule has 7 nitrogen and oxygen atoms in total. The van der Waals surface area contributed by atoms with E-state index in [-0.39, 0.29) is 35.2 Å². The highest BCUT2D eigenvalue weighted by atomic mass is 35.5. The Hall–Kier alpha value is -3.76. The van der Waals surface area contributed by atoms with E-state index < -0.39 is 5.92 Å². The number of ether oxygens (including phenoxy) is 2. The number of Topliss-reactive ketones (excluding diaryl/α,β-unsaturated/α-hetero) is 1. The number of hydrogen-bond donors (Lipinski definition) is 2. The van der Waals surface area contributed by atoms with Crippen LogP contribution in [0.25, 0.3) is 0 Å². The normalized spacial score (nSPS) is 19.1. The minimum absolute atomic E-state index is 0.0229. The first-order valence-electron chi connectivity index (χ1n) is 10.8. The average Bonchev–Trinajstić information content (AvgIpc) is 2.76. The van der Waals surface area contributed by atoms with Crippen molar-refractivity contribution >= 4 is 29.0 Å². The maximum atomic E-state index is 13.0. The number of carbonyl (C=O) groups is 2. The van der Waals surface area contributed by atoms with Crippen molar-refractivity contribution in [3.8, 4) is 11.8 Å². The molecule has 1 unspecified atom stereocenters. The van der Waals surface area contributed by atoms with E-state index in [9.17, 15) is 14.9 Å². The lowest BCUT2D eigenvalue weighted by atomic mass is 9.70. The summed E-state index contributed by atoms with van der Waals surface area (Å²) in [5.41, 5.74) is 7.81. The number of nitrogens with zero attached hydrogens (tertiary/aromatic N) is 1. The summed E-state index contributed by atoms with van der Waals surface area (Å²) < 4.78 is 11.3. The average molecular weight is 478 g/mol. The SMILES string of the molecule is CC1(C)CC(=O)C2=C(C1)OC(N)=C(C#N)C2c1ccc(OCC(=O)Nc2cccc(Cl)c2)cc1. The molecule has 2 aliphatic rings. The van der Waals surface area contributed by atoms with Crippen LogP contribution in [-0.4, -0.2) is 18.3 Å². The molecule has 2 aromatic carbocycles. The maximum Gasteiger partial charge on any atom is 0.262 e. The largest absolute Gasteiger partial charge is 0.484 e. The van der Waals surface area contributed by atoms with Crippen LogP contribution in [0.2, 0.25) is 5.02 Å². The summed E-state index contributed by atoms with van der Waals surface area (Å²) in [6, 6.07) is 15.9. The van der Waals surface area contributed by atoms with E-state index in [1.165, 1.54) is 0 Å². The van der Waals surface area contributed by atoms with Gasteiger partial charge in [-0.1, -0.05) is 43.6 Å². The second-order valence-electron chi connectivity index (χ2n) is 9.12. The standard InChI is InChI=1S/C26H24ClN3O4/c1-26(2)11-20(31)24-21(12-26)34-25(29)19(13-28)23(24)15-6-8-18(9-7-15)33-14-22(32)30-17-5-3-4-16(27)10-17/h3-10,23H,11-12,14,29H2,1-2H3,(H,30,32). The van der Waals surface area contributed by atoms with Gasteiger partial charge >= 0.3 is 0 Å². The Morgan fingerprint density at radius 1 is 1.26 bits per heavy atom. The molecule has 0 spiro atoms. The number of nitriles is 1. The van der Waals surface area contributed by atoms with Crippen LogP contribution in [0.4, 0.5) is 5.69 Å². The van der Waals surface area contributed by atoms with Gasteiger partial charge in [0, 0.05) is 29.1 Å². The van der Waals surface area contributed by atoms with Crippen molar-refractivity contribution in [2.24, 2.45) is 11.1 Å². The number of halogens is 1. The summed E-state index contributed by atoms with van der Waals surface area (Å²) in [4.78, 5) is 25.2. The first-order valence-corrected chi connectivity index (χ1v) is 11.2. The molecule has 1 heterocycles. The van der Waals surface area contributed by atoms with Crippen molar-refractivity contribution in [2.45, 2.75) is 32.6 Å². The lowest BCUT2D eigenvalue weighted by molar-refractivity contribution is -0.119. The lowest BCUT2D eigenvalue weighted by Gasteiger charge is -2.37. The molecule has 0 radical (unpaired) electrons. The molecule has 34 heavy (non-hydrogen) atoms. The van der Waals surface area contributed by atoms with Gasteiger partial charge < -0.3 is 20.5 Å². The van der Waals surface area contributed by atoms with Crippen LogP contribution in [0.3, 0.4) is 0 Å². The first kappa shape index (κ1) is 23.4. The van der Waals surface area contributed by atoms with Crippen molar-refractivity contribution in [3.05, 3.63) is 81.9 Å². The van der Waals surface area contributed by atoms with Crippen LogP contribution >= 0.6 is 11.6 Å². The minimum Gasteiger partial charge on any atom is -0.484 e. The van der Waals surface area contributed by atoms with Gasteiger partial charge in [0.25, 0.3) is 5.91 Å². The first-order chi connectivity index (χ1) is 16.2. The molecular weight excluding hydrogens is 454 g/mol. The third-order valence-electron chi connectivity index (χ3n) is 5.77. The Morgan fingerprint density at radius 2 is 2.00 bits per heavy atom. The fourth-order valence-corrected chi connectivity index (χ4v) is 4.48. The minimum atomic E-state index is -0.600. The number of nitrogens with one attached hydrogen (secondary N) is 1. The quantitative estimate of drug-likeness (QED) is 0.638. The number of carbonyl (C=O) groups excluding carboxylic acids is 2. The highest BCUT2D eigenvalue weighted by molar-refractivity contribution is 6.30. The summed E-state index contributed by atoms with van der Waals surface area (Å²) in [7, 11) is 0. The number of allylic oxidation sites excluding steroid dienone is 3. The van der Waals surface area contributed by atoms with Crippen LogP contribution in [-0.2, 0) is 14.3 Å². The maximum absolute atomic E-state index is 13.0. The number of ketones is 1. The highest BCUT2D eigenvalue weighted by Gasteiger charge is 2.42. The number of rotatable bonds is 5. The molecule has 0 bridgehead atoms. The summed E-state index contributed by atoms with van der Waals surface area (Å²) in [5.74, 6) is 0.0452. The molecule has 0 aromatic heterocycles. The zero-order chi connectivity index (χ0) is 24.5. The molecule has 0 fully saturated rings. The number of benzene rings is 2. The summed E-state index contributed by atoms with van der Waals surface area (Å²) in [5, 5.41) is 13.0. The van der Waals surface area contributed by atoms with E-state index in [1.54, 1.807) is 48.5 Å². The third kappa shape index (κ3) is 4.92. The molecule has 0 saturated carbocycles. The van der Waals surface area contributed by atoms with Crippen LogP contribution < -0.4 is 15.8 Å². The van der Waals surface area contributed by atoms with Gasteiger partial charge in [-0.25, -0.2) is 0 Å². The fourth-order valence-electron chi connectivity index (χ4n) is 4.29. The van der Waals surface area contributed by atoms with Gasteiger partial charge in [-0.2, -0.15) is 5.26 Å². The molecule has 4 rings (SSSR count). The summed E-state index contributed by atoms with van der Waals surface area (Å²) in [6.07, 6.45) is 0.931. The van der Waals surface area contributed by atoms with Gasteiger partial charge in [-0.3, -0.25) is 9.59 Å². The third-order valence-corrected chi connectivity index (χ3v) is 6.00.